The van der Waals surface area contributed by atoms with Gasteiger partial charge in [-0.2, -0.15) is 4.31 Å². The van der Waals surface area contributed by atoms with E-state index in [1.807, 2.05) is 0 Å². The lowest BCUT2D eigenvalue weighted by Gasteiger charge is -2.18. The highest BCUT2D eigenvalue weighted by molar-refractivity contribution is 7.89. The zero-order valence-electron chi connectivity index (χ0n) is 9.10. The van der Waals surface area contributed by atoms with Crippen molar-refractivity contribution in [3.8, 4) is 0 Å². The van der Waals surface area contributed by atoms with Gasteiger partial charge in [-0.05, 0) is 6.92 Å². The van der Waals surface area contributed by atoms with Crippen molar-refractivity contribution in [2.24, 2.45) is 0 Å². The number of rotatable bonds is 7. The predicted octanol–water partition coefficient (Wildman–Crippen LogP) is 0.387. The first kappa shape index (κ1) is 14.1. The molecule has 15 heavy (non-hydrogen) atoms. The fourth-order valence-corrected chi connectivity index (χ4v) is 2.22. The molecule has 0 rings (SSSR count). The molecule has 0 aromatic rings. The van der Waals surface area contributed by atoms with Crippen LogP contribution in [0.1, 0.15) is 13.8 Å². The van der Waals surface area contributed by atoms with Gasteiger partial charge in [-0.15, -0.1) is 6.58 Å². The molecule has 0 saturated carbocycles. The maximum Gasteiger partial charge on any atom is 0.321 e. The summed E-state index contributed by atoms with van der Waals surface area (Å²) in [7, 11) is -3.42. The molecular weight excluding hydrogens is 218 g/mol. The second kappa shape index (κ2) is 6.58. The van der Waals surface area contributed by atoms with Crippen LogP contribution >= 0.6 is 0 Å². The van der Waals surface area contributed by atoms with Gasteiger partial charge in [-0.1, -0.05) is 13.0 Å². The van der Waals surface area contributed by atoms with Crippen molar-refractivity contribution in [3.05, 3.63) is 12.7 Å². The Morgan fingerprint density at radius 1 is 1.47 bits per heavy atom. The molecule has 88 valence electrons. The minimum absolute atomic E-state index is 0.166. The van der Waals surface area contributed by atoms with Crippen molar-refractivity contribution in [3.63, 3.8) is 0 Å². The van der Waals surface area contributed by atoms with Crippen molar-refractivity contribution in [1.29, 1.82) is 0 Å². The van der Waals surface area contributed by atoms with E-state index in [1.54, 1.807) is 13.8 Å². The Labute approximate surface area is 90.8 Å². The van der Waals surface area contributed by atoms with Crippen LogP contribution in [-0.4, -0.2) is 44.1 Å². The van der Waals surface area contributed by atoms with Crippen LogP contribution in [0, 0.1) is 0 Å². The largest absolute Gasteiger partial charge is 0.465 e. The normalized spacial score (nSPS) is 11.4. The number of hydrogen-bond donors (Lipinski definition) is 0. The van der Waals surface area contributed by atoms with Crippen molar-refractivity contribution < 1.29 is 17.9 Å². The molecule has 0 unspecified atom stereocenters. The summed E-state index contributed by atoms with van der Waals surface area (Å²) < 4.78 is 28.8. The van der Waals surface area contributed by atoms with Crippen molar-refractivity contribution in [2.75, 3.05) is 25.4 Å². The molecule has 0 aliphatic carbocycles. The number of likely N-dealkylation sites (N-methyl/N-ethyl adjacent to an activating group) is 1. The van der Waals surface area contributed by atoms with Gasteiger partial charge < -0.3 is 4.74 Å². The van der Waals surface area contributed by atoms with Gasteiger partial charge in [0.05, 0.1) is 12.4 Å². The van der Waals surface area contributed by atoms with Gasteiger partial charge in [0.15, 0.2) is 0 Å². The average Bonchev–Trinajstić information content (AvgIpc) is 2.14. The highest BCUT2D eigenvalue weighted by atomic mass is 32.2. The molecule has 6 heteroatoms. The van der Waals surface area contributed by atoms with Gasteiger partial charge >= 0.3 is 5.97 Å². The van der Waals surface area contributed by atoms with E-state index in [9.17, 15) is 13.2 Å². The summed E-state index contributed by atoms with van der Waals surface area (Å²) >= 11 is 0. The molecule has 0 N–H and O–H groups in total. The molecule has 0 saturated heterocycles. The molecular formula is C9H17NO4S. The Kier molecular flexibility index (Phi) is 6.19. The van der Waals surface area contributed by atoms with Crippen LogP contribution < -0.4 is 0 Å². The number of ether oxygens (including phenoxy) is 1. The summed E-state index contributed by atoms with van der Waals surface area (Å²) in [4.78, 5) is 11.1. The van der Waals surface area contributed by atoms with Crippen molar-refractivity contribution in [2.45, 2.75) is 13.8 Å². The Bertz CT molecular complexity index is 310. The molecule has 0 heterocycles. The zero-order valence-corrected chi connectivity index (χ0v) is 9.92. The van der Waals surface area contributed by atoms with Crippen LogP contribution in [0.2, 0.25) is 0 Å². The van der Waals surface area contributed by atoms with Crippen LogP contribution in [0.15, 0.2) is 12.7 Å². The van der Waals surface area contributed by atoms with Crippen LogP contribution in [0.3, 0.4) is 0 Å². The second-order valence-corrected chi connectivity index (χ2v) is 4.81. The standard InChI is InChI=1S/C9H17NO4S/c1-4-7-15(12,13)10(5-2)8-9(11)14-6-3/h4H,1,5-8H2,2-3H3. The van der Waals surface area contributed by atoms with E-state index in [0.29, 0.717) is 0 Å². The predicted molar refractivity (Wildman–Crippen MR) is 57.9 cm³/mol. The summed E-state index contributed by atoms with van der Waals surface area (Å²) in [6, 6.07) is 0. The number of nitrogens with zero attached hydrogens (tertiary/aromatic N) is 1. The van der Waals surface area contributed by atoms with E-state index in [1.165, 1.54) is 6.08 Å². The molecule has 0 fully saturated rings. The molecule has 0 atom stereocenters. The van der Waals surface area contributed by atoms with Gasteiger partial charge in [0.2, 0.25) is 10.0 Å². The SMILES string of the molecule is C=CCS(=O)(=O)N(CC)CC(=O)OCC. The molecule has 0 spiro atoms. The van der Waals surface area contributed by atoms with E-state index in [4.69, 9.17) is 0 Å². The number of carbonyl (C=O) groups excluding carboxylic acids is 1. The molecule has 0 aromatic heterocycles. The van der Waals surface area contributed by atoms with E-state index in [0.717, 1.165) is 4.31 Å². The zero-order chi connectivity index (χ0) is 11.9. The number of hydrogen-bond acceptors (Lipinski definition) is 4. The molecule has 0 aliphatic rings. The molecule has 0 radical (unpaired) electrons. The summed E-state index contributed by atoms with van der Waals surface area (Å²) in [5.41, 5.74) is 0. The van der Waals surface area contributed by atoms with Gasteiger partial charge in [0.1, 0.15) is 6.54 Å². The Morgan fingerprint density at radius 2 is 2.07 bits per heavy atom. The van der Waals surface area contributed by atoms with Crippen molar-refractivity contribution >= 4 is 16.0 Å². The van der Waals surface area contributed by atoms with E-state index in [2.05, 4.69) is 11.3 Å². The average molecular weight is 235 g/mol. The van der Waals surface area contributed by atoms with Gasteiger partial charge in [0, 0.05) is 6.54 Å². The Balaban J connectivity index is 4.49. The summed E-state index contributed by atoms with van der Waals surface area (Å²) in [5.74, 6) is -0.702. The maximum absolute atomic E-state index is 11.5. The fraction of sp³-hybridized carbons (Fsp3) is 0.667. The third-order valence-electron chi connectivity index (χ3n) is 1.69. The number of esters is 1. The van der Waals surface area contributed by atoms with E-state index >= 15 is 0 Å². The van der Waals surface area contributed by atoms with Crippen LogP contribution in [0.4, 0.5) is 0 Å². The van der Waals surface area contributed by atoms with Gasteiger partial charge in [0.25, 0.3) is 0 Å². The van der Waals surface area contributed by atoms with Crippen LogP contribution in [-0.2, 0) is 19.6 Å². The van der Waals surface area contributed by atoms with Crippen molar-refractivity contribution in [1.82, 2.24) is 4.31 Å². The number of carbonyl (C=O) groups is 1. The summed E-state index contributed by atoms with van der Waals surface area (Å²) in [5, 5.41) is 0. The topological polar surface area (TPSA) is 63.7 Å². The molecule has 0 amide bonds. The van der Waals surface area contributed by atoms with E-state index in [-0.39, 0.29) is 25.4 Å². The summed E-state index contributed by atoms with van der Waals surface area (Å²) in [6.07, 6.45) is 1.29. The minimum Gasteiger partial charge on any atom is -0.465 e. The van der Waals surface area contributed by atoms with Crippen LogP contribution in [0.25, 0.3) is 0 Å². The third-order valence-corrected chi connectivity index (χ3v) is 3.52. The third kappa shape index (κ3) is 4.94. The molecule has 0 aliphatic heterocycles. The first-order valence-corrected chi connectivity index (χ1v) is 6.33. The highest BCUT2D eigenvalue weighted by Crippen LogP contribution is 2.01. The molecule has 0 aromatic carbocycles. The highest BCUT2D eigenvalue weighted by Gasteiger charge is 2.21. The quantitative estimate of drug-likeness (QED) is 0.473. The van der Waals surface area contributed by atoms with Crippen LogP contribution in [0.5, 0.6) is 0 Å². The maximum atomic E-state index is 11.5. The second-order valence-electron chi connectivity index (χ2n) is 2.80. The monoisotopic (exact) mass is 235 g/mol. The van der Waals surface area contributed by atoms with Gasteiger partial charge in [-0.3, -0.25) is 4.79 Å². The Hall–Kier alpha value is -0.880. The fourth-order valence-electron chi connectivity index (χ4n) is 1.01. The molecule has 5 nitrogen and oxygen atoms in total. The minimum atomic E-state index is -3.42. The number of sulfonamides is 1. The van der Waals surface area contributed by atoms with Gasteiger partial charge in [-0.25, -0.2) is 8.42 Å². The summed E-state index contributed by atoms with van der Waals surface area (Å²) in [6.45, 7) is 6.95. The lowest BCUT2D eigenvalue weighted by molar-refractivity contribution is -0.143. The first-order valence-electron chi connectivity index (χ1n) is 4.72. The molecule has 0 bridgehead atoms. The van der Waals surface area contributed by atoms with E-state index < -0.39 is 16.0 Å². The first-order chi connectivity index (χ1) is 6.97. The smallest absolute Gasteiger partial charge is 0.321 e. The lowest BCUT2D eigenvalue weighted by atomic mass is 10.6. The lowest BCUT2D eigenvalue weighted by Crippen LogP contribution is -2.37. The Morgan fingerprint density at radius 3 is 2.47 bits per heavy atom.